The van der Waals surface area contributed by atoms with Gasteiger partial charge in [0.1, 0.15) is 6.10 Å². The summed E-state index contributed by atoms with van der Waals surface area (Å²) >= 11 is 0. The molecule has 1 aliphatic rings. The number of halogens is 2. The molecule has 2 aromatic rings. The van der Waals surface area contributed by atoms with E-state index in [-0.39, 0.29) is 30.7 Å². The van der Waals surface area contributed by atoms with E-state index in [9.17, 15) is 4.79 Å². The van der Waals surface area contributed by atoms with Gasteiger partial charge in [0.05, 0.1) is 6.61 Å². The van der Waals surface area contributed by atoms with Crippen LogP contribution in [0.15, 0.2) is 36.8 Å². The zero-order valence-corrected chi connectivity index (χ0v) is 14.7. The van der Waals surface area contributed by atoms with Crippen LogP contribution in [0.2, 0.25) is 0 Å². The van der Waals surface area contributed by atoms with Crippen molar-refractivity contribution in [3.63, 3.8) is 0 Å². The van der Waals surface area contributed by atoms with Crippen LogP contribution in [0, 0.1) is 0 Å². The molecule has 1 saturated heterocycles. The van der Waals surface area contributed by atoms with Crippen LogP contribution in [0.4, 0.5) is 5.82 Å². The number of hydrogen-bond acceptors (Lipinski definition) is 5. The second kappa shape index (κ2) is 10.2. The summed E-state index contributed by atoms with van der Waals surface area (Å²) < 4.78 is 7.22. The van der Waals surface area contributed by atoms with Gasteiger partial charge in [0.25, 0.3) is 5.91 Å². The maximum Gasteiger partial charge on any atom is 0.256 e. The zero-order valence-electron chi connectivity index (χ0n) is 13.1. The van der Waals surface area contributed by atoms with Crippen molar-refractivity contribution in [1.82, 2.24) is 20.1 Å². The Balaban J connectivity index is 0.00000144. The lowest BCUT2D eigenvalue weighted by Crippen LogP contribution is -2.45. The number of nitrogens with zero attached hydrogens (tertiary/aromatic N) is 3. The highest BCUT2D eigenvalue weighted by atomic mass is 35.5. The molecule has 0 bridgehead atoms. The summed E-state index contributed by atoms with van der Waals surface area (Å²) in [4.78, 5) is 16.0. The minimum absolute atomic E-state index is 0. The van der Waals surface area contributed by atoms with E-state index in [4.69, 9.17) is 4.74 Å². The highest BCUT2D eigenvalue weighted by Crippen LogP contribution is 2.07. The SMILES string of the molecule is Cl.Cl.O=C(Nc1ccn(CCc2ccncc2)n1)C1CNCCO1. The van der Waals surface area contributed by atoms with Gasteiger partial charge in [-0.1, -0.05) is 0 Å². The topological polar surface area (TPSA) is 81.1 Å². The molecule has 2 N–H and O–H groups in total. The van der Waals surface area contributed by atoms with E-state index in [0.717, 1.165) is 19.5 Å². The number of amides is 1. The second-order valence-corrected chi connectivity index (χ2v) is 5.12. The number of anilines is 1. The minimum atomic E-state index is -0.448. The monoisotopic (exact) mass is 373 g/mol. The van der Waals surface area contributed by atoms with E-state index in [1.807, 2.05) is 23.0 Å². The predicted molar refractivity (Wildman–Crippen MR) is 95.9 cm³/mol. The lowest BCUT2D eigenvalue weighted by molar-refractivity contribution is -0.128. The molecule has 0 spiro atoms. The Morgan fingerprint density at radius 1 is 1.33 bits per heavy atom. The standard InChI is InChI=1S/C15H19N5O2.2ClH/c21-15(13-11-17-7-10-22-13)18-14-4-9-20(19-14)8-3-12-1-5-16-6-2-12;;/h1-2,4-6,9,13,17H,3,7-8,10-11H2,(H,18,19,21);2*1H. The third-order valence-electron chi connectivity index (χ3n) is 3.49. The molecule has 1 unspecified atom stereocenters. The van der Waals surface area contributed by atoms with Gasteiger partial charge in [-0.2, -0.15) is 5.10 Å². The quantitative estimate of drug-likeness (QED) is 0.825. The molecule has 3 rings (SSSR count). The van der Waals surface area contributed by atoms with Crippen LogP contribution in [0.1, 0.15) is 5.56 Å². The number of rotatable bonds is 5. The van der Waals surface area contributed by atoms with Crippen LogP contribution >= 0.6 is 24.8 Å². The van der Waals surface area contributed by atoms with Crippen molar-refractivity contribution >= 4 is 36.5 Å². The molecule has 1 aliphatic heterocycles. The Morgan fingerprint density at radius 2 is 2.12 bits per heavy atom. The Bertz CT molecular complexity index is 617. The molecular weight excluding hydrogens is 353 g/mol. The number of nitrogens with one attached hydrogen (secondary N) is 2. The Kier molecular flexibility index (Phi) is 8.70. The fourth-order valence-electron chi connectivity index (χ4n) is 2.29. The number of aromatic nitrogens is 3. The number of carbonyl (C=O) groups is 1. The number of carbonyl (C=O) groups excluding carboxylic acids is 1. The molecule has 2 aromatic heterocycles. The van der Waals surface area contributed by atoms with Crippen molar-refractivity contribution < 1.29 is 9.53 Å². The molecule has 132 valence electrons. The van der Waals surface area contributed by atoms with Gasteiger partial charge in [-0.05, 0) is 24.1 Å². The highest BCUT2D eigenvalue weighted by Gasteiger charge is 2.22. The maximum atomic E-state index is 12.0. The van der Waals surface area contributed by atoms with Crippen LogP contribution in [0.25, 0.3) is 0 Å². The normalized spacial score (nSPS) is 16.6. The molecule has 7 nitrogen and oxygen atoms in total. The Hall–Kier alpha value is -1.67. The van der Waals surface area contributed by atoms with Crippen molar-refractivity contribution in [3.05, 3.63) is 42.4 Å². The first-order valence-corrected chi connectivity index (χ1v) is 7.37. The van der Waals surface area contributed by atoms with Gasteiger partial charge in [-0.25, -0.2) is 0 Å². The molecule has 24 heavy (non-hydrogen) atoms. The van der Waals surface area contributed by atoms with Gasteiger partial charge in [0.2, 0.25) is 0 Å². The number of hydrogen-bond donors (Lipinski definition) is 2. The predicted octanol–water partition coefficient (Wildman–Crippen LogP) is 1.29. The molecule has 0 saturated carbocycles. The van der Waals surface area contributed by atoms with E-state index in [0.29, 0.717) is 19.0 Å². The van der Waals surface area contributed by atoms with Gasteiger partial charge in [-0.15, -0.1) is 24.8 Å². The largest absolute Gasteiger partial charge is 0.366 e. The van der Waals surface area contributed by atoms with Crippen LogP contribution < -0.4 is 10.6 Å². The van der Waals surface area contributed by atoms with Crippen LogP contribution in [0.5, 0.6) is 0 Å². The Labute approximate surface area is 153 Å². The molecule has 9 heteroatoms. The lowest BCUT2D eigenvalue weighted by atomic mass is 10.2. The number of pyridine rings is 1. The summed E-state index contributed by atoms with van der Waals surface area (Å²) in [6.45, 7) is 2.63. The van der Waals surface area contributed by atoms with Crippen molar-refractivity contribution in [3.8, 4) is 0 Å². The van der Waals surface area contributed by atoms with Crippen LogP contribution in [0.3, 0.4) is 0 Å². The second-order valence-electron chi connectivity index (χ2n) is 5.12. The van der Waals surface area contributed by atoms with Gasteiger partial charge in [-0.3, -0.25) is 14.5 Å². The average Bonchev–Trinajstić information content (AvgIpc) is 3.02. The fraction of sp³-hybridized carbons (Fsp3) is 0.400. The molecule has 3 heterocycles. The molecule has 0 aliphatic carbocycles. The van der Waals surface area contributed by atoms with Crippen molar-refractivity contribution in [2.45, 2.75) is 19.1 Å². The van der Waals surface area contributed by atoms with Gasteiger partial charge in [0, 0.05) is 44.3 Å². The van der Waals surface area contributed by atoms with Crippen molar-refractivity contribution in [2.75, 3.05) is 25.0 Å². The summed E-state index contributed by atoms with van der Waals surface area (Å²) in [5.74, 6) is 0.389. The van der Waals surface area contributed by atoms with Gasteiger partial charge < -0.3 is 15.4 Å². The van der Waals surface area contributed by atoms with E-state index < -0.39 is 6.10 Å². The smallest absolute Gasteiger partial charge is 0.256 e. The molecule has 1 amide bonds. The number of ether oxygens (including phenoxy) is 1. The lowest BCUT2D eigenvalue weighted by Gasteiger charge is -2.22. The number of morpholine rings is 1. The third-order valence-corrected chi connectivity index (χ3v) is 3.49. The first-order valence-electron chi connectivity index (χ1n) is 7.37. The Morgan fingerprint density at radius 3 is 2.83 bits per heavy atom. The van der Waals surface area contributed by atoms with Gasteiger partial charge >= 0.3 is 0 Å². The van der Waals surface area contributed by atoms with E-state index in [1.54, 1.807) is 18.5 Å². The third kappa shape index (κ3) is 5.76. The molecular formula is C15H21Cl2N5O2. The van der Waals surface area contributed by atoms with Crippen LogP contribution in [-0.4, -0.2) is 46.5 Å². The molecule has 0 aromatic carbocycles. The van der Waals surface area contributed by atoms with E-state index >= 15 is 0 Å². The molecule has 1 atom stereocenters. The zero-order chi connectivity index (χ0) is 15.2. The van der Waals surface area contributed by atoms with E-state index in [1.165, 1.54) is 5.56 Å². The first-order chi connectivity index (χ1) is 10.8. The number of aryl methyl sites for hydroxylation is 2. The van der Waals surface area contributed by atoms with Crippen molar-refractivity contribution in [1.29, 1.82) is 0 Å². The molecule has 1 fully saturated rings. The van der Waals surface area contributed by atoms with E-state index in [2.05, 4.69) is 20.7 Å². The first kappa shape index (κ1) is 20.4. The van der Waals surface area contributed by atoms with Gasteiger partial charge in [0.15, 0.2) is 5.82 Å². The summed E-state index contributed by atoms with van der Waals surface area (Å²) in [6, 6.07) is 5.76. The highest BCUT2D eigenvalue weighted by molar-refractivity contribution is 5.93. The molecule has 0 radical (unpaired) electrons. The maximum absolute atomic E-state index is 12.0. The summed E-state index contributed by atoms with van der Waals surface area (Å²) in [5.41, 5.74) is 1.21. The average molecular weight is 374 g/mol. The van der Waals surface area contributed by atoms with Crippen LogP contribution in [-0.2, 0) is 22.5 Å². The minimum Gasteiger partial charge on any atom is -0.366 e. The van der Waals surface area contributed by atoms with Crippen molar-refractivity contribution in [2.24, 2.45) is 0 Å². The summed E-state index contributed by atoms with van der Waals surface area (Å²) in [6.07, 6.45) is 5.84. The summed E-state index contributed by atoms with van der Waals surface area (Å²) in [7, 11) is 0. The fourth-order valence-corrected chi connectivity index (χ4v) is 2.29. The summed E-state index contributed by atoms with van der Waals surface area (Å²) in [5, 5.41) is 10.3.